The molecule has 0 aliphatic carbocycles. The lowest BCUT2D eigenvalue weighted by Crippen LogP contribution is -2.28. The molecule has 0 radical (unpaired) electrons. The zero-order chi connectivity index (χ0) is 14.3. The molecule has 6 heteroatoms. The van der Waals surface area contributed by atoms with E-state index in [1.807, 2.05) is 0 Å². The Balaban J connectivity index is 1.88. The first kappa shape index (κ1) is 13.6. The first-order valence-corrected chi connectivity index (χ1v) is 7.78. The molecular weight excluding hydrogens is 270 g/mol. The molecule has 0 spiro atoms. The Labute approximate surface area is 123 Å². The molecule has 0 saturated carbocycles. The number of fused-ring (bicyclic) bond motifs is 1. The van der Waals surface area contributed by atoms with Crippen LogP contribution in [0.1, 0.15) is 11.3 Å². The molecule has 3 rings (SSSR count). The van der Waals surface area contributed by atoms with E-state index < -0.39 is 0 Å². The van der Waals surface area contributed by atoms with E-state index in [1.165, 1.54) is 17.8 Å². The van der Waals surface area contributed by atoms with Gasteiger partial charge in [-0.25, -0.2) is 4.98 Å². The van der Waals surface area contributed by atoms with Crippen LogP contribution in [0.4, 0.5) is 11.8 Å². The molecule has 2 aromatic heterocycles. The van der Waals surface area contributed by atoms with Crippen molar-refractivity contribution in [2.75, 3.05) is 44.4 Å². The maximum absolute atomic E-state index is 5.85. The van der Waals surface area contributed by atoms with Gasteiger partial charge in [0.15, 0.2) is 0 Å². The Hall–Kier alpha value is -1.40. The minimum Gasteiger partial charge on any atom is -0.368 e. The Bertz CT molecular complexity index is 623. The normalized spacial score (nSPS) is 19.9. The van der Waals surface area contributed by atoms with Crippen LogP contribution >= 0.6 is 11.3 Å². The Kier molecular flexibility index (Phi) is 3.52. The highest BCUT2D eigenvalue weighted by molar-refractivity contribution is 7.18. The van der Waals surface area contributed by atoms with Gasteiger partial charge in [-0.2, -0.15) is 4.98 Å². The number of anilines is 2. The van der Waals surface area contributed by atoms with E-state index in [2.05, 4.69) is 46.9 Å². The number of likely N-dealkylation sites (tertiary alicyclic amines) is 1. The van der Waals surface area contributed by atoms with E-state index in [9.17, 15) is 0 Å². The van der Waals surface area contributed by atoms with E-state index in [0.29, 0.717) is 11.9 Å². The fourth-order valence-corrected chi connectivity index (χ4v) is 3.86. The summed E-state index contributed by atoms with van der Waals surface area (Å²) < 4.78 is 0. The van der Waals surface area contributed by atoms with Gasteiger partial charge in [0.2, 0.25) is 5.95 Å². The van der Waals surface area contributed by atoms with Crippen molar-refractivity contribution < 1.29 is 0 Å². The number of nitrogens with two attached hydrogens (primary N) is 1. The van der Waals surface area contributed by atoms with Crippen LogP contribution < -0.4 is 10.6 Å². The van der Waals surface area contributed by atoms with E-state index in [4.69, 9.17) is 5.73 Å². The first-order chi connectivity index (χ1) is 9.52. The summed E-state index contributed by atoms with van der Waals surface area (Å²) in [7, 11) is 4.29. The number of hydrogen-bond donors (Lipinski definition) is 1. The van der Waals surface area contributed by atoms with Gasteiger partial charge in [-0.1, -0.05) is 0 Å². The average molecular weight is 291 g/mol. The van der Waals surface area contributed by atoms with Gasteiger partial charge in [0.05, 0.1) is 5.39 Å². The van der Waals surface area contributed by atoms with E-state index in [0.717, 1.165) is 29.1 Å². The first-order valence-electron chi connectivity index (χ1n) is 6.96. The fraction of sp³-hybridized carbons (Fsp3) is 0.571. The fourth-order valence-electron chi connectivity index (χ4n) is 2.98. The summed E-state index contributed by atoms with van der Waals surface area (Å²) in [4.78, 5) is 15.6. The van der Waals surface area contributed by atoms with Crippen molar-refractivity contribution >= 4 is 33.3 Å². The highest BCUT2D eigenvalue weighted by Gasteiger charge is 2.22. The van der Waals surface area contributed by atoms with Crippen LogP contribution in [0.2, 0.25) is 0 Å². The van der Waals surface area contributed by atoms with Crippen LogP contribution in [0.15, 0.2) is 6.07 Å². The highest BCUT2D eigenvalue weighted by atomic mass is 32.1. The standard InChI is InChI=1S/C14H21N5S/c1-9-6-11-12(16-14(15)17-13(11)20-9)19(3)8-10-4-5-18(2)7-10/h6,10H,4-5,7-8H2,1-3H3,(H2,15,16,17). The van der Waals surface area contributed by atoms with Gasteiger partial charge < -0.3 is 15.5 Å². The number of aryl methyl sites for hydroxylation is 1. The van der Waals surface area contributed by atoms with Gasteiger partial charge >= 0.3 is 0 Å². The smallest absolute Gasteiger partial charge is 0.223 e. The summed E-state index contributed by atoms with van der Waals surface area (Å²) in [6.45, 7) is 5.47. The van der Waals surface area contributed by atoms with Crippen molar-refractivity contribution in [3.8, 4) is 0 Å². The number of thiophene rings is 1. The average Bonchev–Trinajstić information content (AvgIpc) is 2.93. The van der Waals surface area contributed by atoms with E-state index >= 15 is 0 Å². The third-order valence-electron chi connectivity index (χ3n) is 3.90. The van der Waals surface area contributed by atoms with Crippen LogP contribution in [0.25, 0.3) is 10.2 Å². The molecule has 2 aromatic rings. The molecule has 20 heavy (non-hydrogen) atoms. The summed E-state index contributed by atoms with van der Waals surface area (Å²) in [5.74, 6) is 2.03. The Morgan fingerprint density at radius 3 is 3.00 bits per heavy atom. The van der Waals surface area contributed by atoms with Crippen molar-refractivity contribution in [2.24, 2.45) is 5.92 Å². The lowest BCUT2D eigenvalue weighted by molar-refractivity contribution is 0.396. The molecule has 1 fully saturated rings. The number of rotatable bonds is 3. The molecule has 3 heterocycles. The Morgan fingerprint density at radius 2 is 2.30 bits per heavy atom. The molecule has 1 saturated heterocycles. The molecule has 5 nitrogen and oxygen atoms in total. The van der Waals surface area contributed by atoms with Crippen LogP contribution in [0.5, 0.6) is 0 Å². The van der Waals surface area contributed by atoms with Gasteiger partial charge in [0, 0.05) is 25.0 Å². The van der Waals surface area contributed by atoms with Gasteiger partial charge in [-0.05, 0) is 38.9 Å². The number of aromatic nitrogens is 2. The summed E-state index contributed by atoms with van der Waals surface area (Å²) in [5, 5.41) is 1.12. The van der Waals surface area contributed by atoms with Crippen LogP contribution in [0.3, 0.4) is 0 Å². The van der Waals surface area contributed by atoms with E-state index in [1.54, 1.807) is 11.3 Å². The molecule has 2 N–H and O–H groups in total. The van der Waals surface area contributed by atoms with Crippen molar-refractivity contribution in [3.05, 3.63) is 10.9 Å². The quantitative estimate of drug-likeness (QED) is 0.937. The number of hydrogen-bond acceptors (Lipinski definition) is 6. The molecule has 0 aromatic carbocycles. The van der Waals surface area contributed by atoms with Crippen LogP contribution in [-0.2, 0) is 0 Å². The number of nitrogen functional groups attached to an aromatic ring is 1. The van der Waals surface area contributed by atoms with Crippen molar-refractivity contribution in [1.82, 2.24) is 14.9 Å². The predicted octanol–water partition coefficient (Wildman–Crippen LogP) is 1.97. The van der Waals surface area contributed by atoms with Gasteiger partial charge in [0.1, 0.15) is 10.6 Å². The molecule has 1 aliphatic heterocycles. The minimum atomic E-state index is 0.365. The minimum absolute atomic E-state index is 0.365. The van der Waals surface area contributed by atoms with Gasteiger partial charge in [-0.15, -0.1) is 11.3 Å². The second kappa shape index (κ2) is 5.18. The second-order valence-electron chi connectivity index (χ2n) is 5.78. The molecular formula is C14H21N5S. The lowest BCUT2D eigenvalue weighted by atomic mass is 10.1. The third-order valence-corrected chi connectivity index (χ3v) is 4.84. The van der Waals surface area contributed by atoms with Crippen molar-refractivity contribution in [1.29, 1.82) is 0 Å². The number of nitrogens with zero attached hydrogens (tertiary/aromatic N) is 4. The zero-order valence-corrected chi connectivity index (χ0v) is 13.1. The van der Waals surface area contributed by atoms with Crippen LogP contribution in [-0.4, -0.2) is 48.6 Å². The largest absolute Gasteiger partial charge is 0.368 e. The van der Waals surface area contributed by atoms with Crippen molar-refractivity contribution in [3.63, 3.8) is 0 Å². The monoisotopic (exact) mass is 291 g/mol. The molecule has 0 bridgehead atoms. The van der Waals surface area contributed by atoms with Crippen LogP contribution in [0, 0.1) is 12.8 Å². The molecule has 1 atom stereocenters. The maximum Gasteiger partial charge on any atom is 0.223 e. The molecule has 1 unspecified atom stereocenters. The summed E-state index contributed by atoms with van der Waals surface area (Å²) >= 11 is 1.67. The van der Waals surface area contributed by atoms with Gasteiger partial charge in [-0.3, -0.25) is 0 Å². The third kappa shape index (κ3) is 2.58. The SMILES string of the molecule is Cc1cc2c(N(C)CC3CCN(C)C3)nc(N)nc2s1. The van der Waals surface area contributed by atoms with Crippen molar-refractivity contribution in [2.45, 2.75) is 13.3 Å². The predicted molar refractivity (Wildman–Crippen MR) is 85.4 cm³/mol. The summed E-state index contributed by atoms with van der Waals surface area (Å²) in [6.07, 6.45) is 1.26. The summed E-state index contributed by atoms with van der Waals surface area (Å²) in [6, 6.07) is 2.16. The maximum atomic E-state index is 5.85. The second-order valence-corrected chi connectivity index (χ2v) is 7.01. The lowest BCUT2D eigenvalue weighted by Gasteiger charge is -2.22. The highest BCUT2D eigenvalue weighted by Crippen LogP contribution is 2.31. The summed E-state index contributed by atoms with van der Waals surface area (Å²) in [5.41, 5.74) is 5.85. The molecule has 0 amide bonds. The zero-order valence-electron chi connectivity index (χ0n) is 12.3. The molecule has 108 valence electrons. The molecule has 1 aliphatic rings. The topological polar surface area (TPSA) is 58.3 Å². The Morgan fingerprint density at radius 1 is 1.50 bits per heavy atom. The van der Waals surface area contributed by atoms with E-state index in [-0.39, 0.29) is 0 Å². The van der Waals surface area contributed by atoms with Gasteiger partial charge in [0.25, 0.3) is 0 Å².